The largest absolute Gasteiger partial charge is 0.508 e. The zero-order valence-corrected chi connectivity index (χ0v) is 15.9. The lowest BCUT2D eigenvalue weighted by molar-refractivity contribution is 0.162. The van der Waals surface area contributed by atoms with Gasteiger partial charge >= 0.3 is 0 Å². The van der Waals surface area contributed by atoms with E-state index in [4.69, 9.17) is 9.15 Å². The number of aromatic nitrogens is 2. The number of hydrogen-bond donors (Lipinski definition) is 4. The minimum absolute atomic E-state index is 0.0446. The fraction of sp³-hybridized carbons (Fsp3) is 0.0909. The quantitative estimate of drug-likeness (QED) is 0.398. The van der Waals surface area contributed by atoms with Crippen LogP contribution in [0.3, 0.4) is 0 Å². The monoisotopic (exact) mass is 406 g/mol. The molecule has 30 heavy (non-hydrogen) atoms. The van der Waals surface area contributed by atoms with Gasteiger partial charge in [-0.15, -0.1) is 0 Å². The molecule has 0 aliphatic heterocycles. The molecule has 0 atom stereocenters. The highest BCUT2D eigenvalue weighted by molar-refractivity contribution is 5.82. The van der Waals surface area contributed by atoms with Crippen LogP contribution in [0.5, 0.6) is 17.2 Å². The van der Waals surface area contributed by atoms with Crippen molar-refractivity contribution in [2.75, 3.05) is 7.11 Å². The molecule has 0 bridgehead atoms. The summed E-state index contributed by atoms with van der Waals surface area (Å²) in [4.78, 5) is 19.8. The van der Waals surface area contributed by atoms with E-state index >= 15 is 0 Å². The van der Waals surface area contributed by atoms with Crippen molar-refractivity contribution in [2.45, 2.75) is 6.61 Å². The number of rotatable bonds is 5. The molecule has 0 aliphatic rings. The highest BCUT2D eigenvalue weighted by atomic mass is 16.5. The first-order valence-corrected chi connectivity index (χ1v) is 9.01. The predicted molar refractivity (Wildman–Crippen MR) is 109 cm³/mol. The highest BCUT2D eigenvalue weighted by Gasteiger charge is 2.23. The van der Waals surface area contributed by atoms with E-state index in [1.54, 1.807) is 0 Å². The van der Waals surface area contributed by atoms with Gasteiger partial charge in [0, 0.05) is 24.8 Å². The Morgan fingerprint density at radius 2 is 1.83 bits per heavy atom. The molecule has 0 radical (unpaired) electrons. The van der Waals surface area contributed by atoms with Crippen LogP contribution in [-0.4, -0.2) is 32.4 Å². The maximum Gasteiger partial charge on any atom is 0.227 e. The van der Waals surface area contributed by atoms with Gasteiger partial charge in [-0.1, -0.05) is 30.3 Å². The van der Waals surface area contributed by atoms with Crippen LogP contribution in [0.2, 0.25) is 0 Å². The van der Waals surface area contributed by atoms with E-state index in [2.05, 4.69) is 9.97 Å². The molecule has 152 valence electrons. The van der Waals surface area contributed by atoms with Crippen LogP contribution in [0.1, 0.15) is 5.76 Å². The zero-order chi connectivity index (χ0) is 21.3. The first kappa shape index (κ1) is 19.3. The van der Waals surface area contributed by atoms with E-state index in [-0.39, 0.29) is 41.1 Å². The fourth-order valence-electron chi connectivity index (χ4n) is 3.11. The molecule has 2 aromatic heterocycles. The minimum atomic E-state index is -0.619. The Kier molecular flexibility index (Phi) is 4.99. The Morgan fingerprint density at radius 3 is 2.53 bits per heavy atom. The third kappa shape index (κ3) is 3.51. The summed E-state index contributed by atoms with van der Waals surface area (Å²) in [5, 5.41) is 30.2. The van der Waals surface area contributed by atoms with Gasteiger partial charge in [0.25, 0.3) is 0 Å². The SMILES string of the molecule is COCc1cc(=O)c(O)c(-c2[nH]c(-c3ccc(O)cc3O)nc2-c2ccccc2)o1. The Balaban J connectivity index is 1.98. The molecule has 0 saturated heterocycles. The molecule has 0 unspecified atom stereocenters. The summed E-state index contributed by atoms with van der Waals surface area (Å²) in [6.45, 7) is 0.0446. The summed E-state index contributed by atoms with van der Waals surface area (Å²) < 4.78 is 10.8. The van der Waals surface area contributed by atoms with Crippen LogP contribution in [0.15, 0.2) is 63.8 Å². The lowest BCUT2D eigenvalue weighted by atomic mass is 10.1. The lowest BCUT2D eigenvalue weighted by Gasteiger charge is -2.07. The molecule has 0 aliphatic carbocycles. The zero-order valence-electron chi connectivity index (χ0n) is 15.9. The minimum Gasteiger partial charge on any atom is -0.508 e. The Hall–Kier alpha value is -4.04. The average Bonchev–Trinajstić information content (AvgIpc) is 3.16. The maximum atomic E-state index is 12.3. The molecular formula is C22H18N2O6. The van der Waals surface area contributed by atoms with Crippen LogP contribution in [0, 0.1) is 0 Å². The number of nitrogens with zero attached hydrogens (tertiary/aromatic N) is 1. The van der Waals surface area contributed by atoms with E-state index in [1.165, 1.54) is 25.3 Å². The fourth-order valence-corrected chi connectivity index (χ4v) is 3.11. The number of imidazole rings is 1. The number of phenolic OH excluding ortho intramolecular Hbond substituents is 2. The summed E-state index contributed by atoms with van der Waals surface area (Å²) in [5.74, 6) is -0.447. The molecule has 2 heterocycles. The molecule has 4 N–H and O–H groups in total. The predicted octanol–water partition coefficient (Wildman–Crippen LogP) is 3.63. The van der Waals surface area contributed by atoms with E-state index < -0.39 is 11.2 Å². The number of benzene rings is 2. The first-order chi connectivity index (χ1) is 14.5. The summed E-state index contributed by atoms with van der Waals surface area (Å²) in [5.41, 5.74) is 1.08. The molecule has 0 spiro atoms. The molecule has 2 aromatic carbocycles. The van der Waals surface area contributed by atoms with E-state index in [0.717, 1.165) is 6.07 Å². The second kappa shape index (κ2) is 7.76. The van der Waals surface area contributed by atoms with Crippen LogP contribution < -0.4 is 5.43 Å². The van der Waals surface area contributed by atoms with E-state index in [1.807, 2.05) is 30.3 Å². The second-order valence-corrected chi connectivity index (χ2v) is 6.56. The van der Waals surface area contributed by atoms with Gasteiger partial charge in [-0.2, -0.15) is 0 Å². The number of phenols is 2. The van der Waals surface area contributed by atoms with Gasteiger partial charge in [0.1, 0.15) is 41.1 Å². The summed E-state index contributed by atoms with van der Waals surface area (Å²) in [6.07, 6.45) is 0. The van der Waals surface area contributed by atoms with Crippen LogP contribution >= 0.6 is 0 Å². The number of hydrogen-bond acceptors (Lipinski definition) is 7. The summed E-state index contributed by atoms with van der Waals surface area (Å²) in [7, 11) is 1.46. The first-order valence-electron chi connectivity index (χ1n) is 9.01. The molecule has 8 heteroatoms. The maximum absolute atomic E-state index is 12.3. The Labute approximate surface area is 170 Å². The van der Waals surface area contributed by atoms with E-state index in [9.17, 15) is 20.1 Å². The van der Waals surface area contributed by atoms with Crippen molar-refractivity contribution in [3.63, 3.8) is 0 Å². The number of nitrogens with one attached hydrogen (secondary N) is 1. The van der Waals surface area contributed by atoms with Crippen LogP contribution in [-0.2, 0) is 11.3 Å². The topological polar surface area (TPSA) is 129 Å². The van der Waals surface area contributed by atoms with Gasteiger partial charge in [-0.05, 0) is 12.1 Å². The smallest absolute Gasteiger partial charge is 0.227 e. The Morgan fingerprint density at radius 1 is 1.07 bits per heavy atom. The second-order valence-electron chi connectivity index (χ2n) is 6.56. The van der Waals surface area contributed by atoms with Crippen molar-refractivity contribution in [1.29, 1.82) is 0 Å². The van der Waals surface area contributed by atoms with Crippen molar-refractivity contribution in [1.82, 2.24) is 9.97 Å². The molecule has 8 nitrogen and oxygen atoms in total. The van der Waals surface area contributed by atoms with Gasteiger partial charge in [0.2, 0.25) is 11.2 Å². The van der Waals surface area contributed by atoms with Crippen molar-refractivity contribution in [3.8, 4) is 51.3 Å². The van der Waals surface area contributed by atoms with Crippen LogP contribution in [0.4, 0.5) is 0 Å². The third-order valence-corrected chi connectivity index (χ3v) is 4.47. The molecular weight excluding hydrogens is 388 g/mol. The number of aromatic amines is 1. The van der Waals surface area contributed by atoms with E-state index in [0.29, 0.717) is 16.8 Å². The summed E-state index contributed by atoms with van der Waals surface area (Å²) in [6, 6.07) is 14.4. The number of methoxy groups -OCH3 is 1. The van der Waals surface area contributed by atoms with Gasteiger partial charge < -0.3 is 29.5 Å². The van der Waals surface area contributed by atoms with Gasteiger partial charge in [0.15, 0.2) is 5.76 Å². The molecule has 4 rings (SSSR count). The van der Waals surface area contributed by atoms with Crippen molar-refractivity contribution in [2.24, 2.45) is 0 Å². The Bertz CT molecular complexity index is 1260. The number of ether oxygens (including phenoxy) is 1. The van der Waals surface area contributed by atoms with Crippen molar-refractivity contribution < 1.29 is 24.5 Å². The van der Waals surface area contributed by atoms with Crippen LogP contribution in [0.25, 0.3) is 34.1 Å². The number of H-pyrrole nitrogens is 1. The lowest BCUT2D eigenvalue weighted by Crippen LogP contribution is -2.04. The standard InChI is InChI=1S/C22H18N2O6/c1-29-11-14-10-17(27)20(28)21(30-14)19-18(12-5-3-2-4-6-12)23-22(24-19)15-8-7-13(25)9-16(15)26/h2-10,25-26,28H,11H2,1H3,(H,23,24). The van der Waals surface area contributed by atoms with Gasteiger partial charge in [-0.3, -0.25) is 4.79 Å². The summed E-state index contributed by atoms with van der Waals surface area (Å²) >= 11 is 0. The third-order valence-electron chi connectivity index (χ3n) is 4.47. The molecule has 0 saturated carbocycles. The van der Waals surface area contributed by atoms with Gasteiger partial charge in [0.05, 0.1) is 5.56 Å². The normalized spacial score (nSPS) is 11.0. The van der Waals surface area contributed by atoms with Gasteiger partial charge in [-0.25, -0.2) is 4.98 Å². The molecule has 0 fully saturated rings. The molecule has 0 amide bonds. The average molecular weight is 406 g/mol. The molecule has 4 aromatic rings. The number of aromatic hydroxyl groups is 3. The van der Waals surface area contributed by atoms with Crippen molar-refractivity contribution in [3.05, 3.63) is 70.6 Å². The van der Waals surface area contributed by atoms with Crippen molar-refractivity contribution >= 4 is 0 Å². The highest BCUT2D eigenvalue weighted by Crippen LogP contribution is 2.38.